The number of carbonyl (C=O) groups is 4. The van der Waals surface area contributed by atoms with Gasteiger partial charge in [0, 0.05) is 19.0 Å². The molecule has 2 fully saturated rings. The van der Waals surface area contributed by atoms with Crippen molar-refractivity contribution in [2.45, 2.75) is 44.3 Å². The fraction of sp³-hybridized carbons (Fsp3) is 0.474. The Hall–Kier alpha value is -2.58. The smallest absolute Gasteiger partial charge is 0.262 e. The van der Waals surface area contributed by atoms with Crippen molar-refractivity contribution in [1.29, 1.82) is 0 Å². The van der Waals surface area contributed by atoms with Crippen LogP contribution in [0.5, 0.6) is 0 Å². The Morgan fingerprint density at radius 2 is 1.93 bits per heavy atom. The van der Waals surface area contributed by atoms with Crippen molar-refractivity contribution < 1.29 is 19.2 Å². The Labute approximate surface area is 156 Å². The maximum Gasteiger partial charge on any atom is 0.262 e. The lowest BCUT2D eigenvalue weighted by molar-refractivity contribution is -0.136. The molecule has 0 bridgehead atoms. The molecule has 1 saturated heterocycles. The molecule has 1 aromatic carbocycles. The molecule has 3 aliphatic rings. The van der Waals surface area contributed by atoms with E-state index in [0.29, 0.717) is 36.2 Å². The monoisotopic (exact) mass is 370 g/mol. The molecule has 0 radical (unpaired) electrons. The van der Waals surface area contributed by atoms with Gasteiger partial charge in [-0.2, -0.15) is 0 Å². The fourth-order valence-corrected chi connectivity index (χ4v) is 4.09. The molecule has 0 aromatic heterocycles. The van der Waals surface area contributed by atoms with Crippen LogP contribution in [0.1, 0.15) is 52.0 Å². The van der Waals surface area contributed by atoms with Crippen LogP contribution in [0, 0.1) is 5.92 Å². The zero-order chi connectivity index (χ0) is 19.1. The minimum atomic E-state index is -0.941. The van der Waals surface area contributed by atoms with Gasteiger partial charge in [0.15, 0.2) is 0 Å². The zero-order valence-corrected chi connectivity index (χ0v) is 14.9. The lowest BCUT2D eigenvalue weighted by Crippen LogP contribution is -2.54. The minimum Gasteiger partial charge on any atom is -0.330 e. The molecule has 8 nitrogen and oxygen atoms in total. The van der Waals surface area contributed by atoms with E-state index in [1.807, 2.05) is 6.07 Å². The summed E-state index contributed by atoms with van der Waals surface area (Å²) in [6.45, 7) is 1.10. The van der Waals surface area contributed by atoms with Gasteiger partial charge in [0.25, 0.3) is 11.8 Å². The van der Waals surface area contributed by atoms with E-state index in [4.69, 9.17) is 5.73 Å². The molecule has 4 N–H and O–H groups in total. The number of benzene rings is 1. The molecule has 1 aliphatic carbocycles. The quantitative estimate of drug-likeness (QED) is 0.623. The van der Waals surface area contributed by atoms with Crippen LogP contribution in [0.25, 0.3) is 0 Å². The van der Waals surface area contributed by atoms with Gasteiger partial charge >= 0.3 is 0 Å². The second kappa shape index (κ2) is 6.86. The van der Waals surface area contributed by atoms with Crippen LogP contribution in [-0.2, 0) is 16.1 Å². The average Bonchev–Trinajstić information content (AvgIpc) is 2.87. The maximum absolute atomic E-state index is 13.0. The number of imide groups is 2. The van der Waals surface area contributed by atoms with Crippen molar-refractivity contribution in [2.75, 3.05) is 6.54 Å². The molecule has 1 aromatic rings. The number of hydrogen-bond donors (Lipinski definition) is 3. The third kappa shape index (κ3) is 2.94. The molecule has 0 spiro atoms. The first kappa shape index (κ1) is 17.8. The number of piperidine rings is 1. The van der Waals surface area contributed by atoms with E-state index in [1.165, 1.54) is 0 Å². The summed E-state index contributed by atoms with van der Waals surface area (Å²) in [5.41, 5.74) is 7.14. The van der Waals surface area contributed by atoms with E-state index in [0.717, 1.165) is 23.3 Å². The summed E-state index contributed by atoms with van der Waals surface area (Å²) in [6.07, 6.45) is 2.41. The molecule has 1 unspecified atom stereocenters. The van der Waals surface area contributed by atoms with Gasteiger partial charge in [0.1, 0.15) is 6.04 Å². The standard InChI is InChI=1S/C19H22N4O4/c20-8-10-4-5-13(10)21-9-11-2-1-3-12-16(11)19(27)23(18(12)26)14-6-7-15(24)22-17(14)25/h1-3,10,13-14,21H,4-9,20H2,(H,22,24,25)/t10-,13-,14?/m0/s1. The van der Waals surface area contributed by atoms with Gasteiger partial charge < -0.3 is 11.1 Å². The first-order chi connectivity index (χ1) is 13.0. The number of nitrogens with two attached hydrogens (primary N) is 1. The molecule has 2 aliphatic heterocycles. The largest absolute Gasteiger partial charge is 0.330 e. The number of fused-ring (bicyclic) bond motifs is 1. The van der Waals surface area contributed by atoms with E-state index < -0.39 is 23.8 Å². The Kier molecular flexibility index (Phi) is 4.53. The van der Waals surface area contributed by atoms with Crippen molar-refractivity contribution >= 4 is 23.6 Å². The normalized spacial score (nSPS) is 27.4. The predicted octanol–water partition coefficient (Wildman–Crippen LogP) is -0.0853. The van der Waals surface area contributed by atoms with Crippen molar-refractivity contribution in [3.8, 4) is 0 Å². The van der Waals surface area contributed by atoms with Crippen LogP contribution >= 0.6 is 0 Å². The van der Waals surface area contributed by atoms with Crippen molar-refractivity contribution in [1.82, 2.24) is 15.5 Å². The summed E-state index contributed by atoms with van der Waals surface area (Å²) in [5.74, 6) is -1.48. The molecular weight excluding hydrogens is 348 g/mol. The lowest BCUT2D eigenvalue weighted by Gasteiger charge is -2.36. The van der Waals surface area contributed by atoms with Crippen LogP contribution in [0.2, 0.25) is 0 Å². The van der Waals surface area contributed by atoms with Crippen LogP contribution in [0.4, 0.5) is 0 Å². The highest BCUT2D eigenvalue weighted by Crippen LogP contribution is 2.31. The van der Waals surface area contributed by atoms with Gasteiger partial charge in [-0.3, -0.25) is 29.4 Å². The Morgan fingerprint density at radius 1 is 1.11 bits per heavy atom. The molecule has 8 heteroatoms. The Balaban J connectivity index is 1.56. The number of rotatable bonds is 5. The van der Waals surface area contributed by atoms with E-state index >= 15 is 0 Å². The topological polar surface area (TPSA) is 122 Å². The third-order valence-corrected chi connectivity index (χ3v) is 5.83. The molecule has 2 heterocycles. The summed E-state index contributed by atoms with van der Waals surface area (Å²) in [6, 6.07) is 4.56. The summed E-state index contributed by atoms with van der Waals surface area (Å²) >= 11 is 0. The third-order valence-electron chi connectivity index (χ3n) is 5.83. The number of nitrogens with one attached hydrogen (secondary N) is 2. The van der Waals surface area contributed by atoms with Gasteiger partial charge in [-0.25, -0.2) is 0 Å². The molecule has 142 valence electrons. The van der Waals surface area contributed by atoms with Gasteiger partial charge in [-0.1, -0.05) is 12.1 Å². The summed E-state index contributed by atoms with van der Waals surface area (Å²) < 4.78 is 0. The molecule has 4 rings (SSSR count). The maximum atomic E-state index is 13.0. The second-order valence-corrected chi connectivity index (χ2v) is 7.35. The highest BCUT2D eigenvalue weighted by molar-refractivity contribution is 6.24. The zero-order valence-electron chi connectivity index (χ0n) is 14.9. The molecule has 1 saturated carbocycles. The molecule has 27 heavy (non-hydrogen) atoms. The first-order valence-corrected chi connectivity index (χ1v) is 9.28. The highest BCUT2D eigenvalue weighted by atomic mass is 16.2. The number of nitrogens with zero attached hydrogens (tertiary/aromatic N) is 1. The highest BCUT2D eigenvalue weighted by Gasteiger charge is 2.45. The lowest BCUT2D eigenvalue weighted by atomic mass is 9.79. The summed E-state index contributed by atoms with van der Waals surface area (Å²) in [7, 11) is 0. The SMILES string of the molecule is NC[C@@H]1CC[C@@H]1NCc1cccc2c1C(=O)N(C1CCC(=O)NC1=O)C2=O. The Morgan fingerprint density at radius 3 is 2.59 bits per heavy atom. The first-order valence-electron chi connectivity index (χ1n) is 9.28. The Bertz CT molecular complexity index is 835. The average molecular weight is 370 g/mol. The van der Waals surface area contributed by atoms with E-state index in [9.17, 15) is 19.2 Å². The van der Waals surface area contributed by atoms with Crippen LogP contribution in [0.3, 0.4) is 0 Å². The summed E-state index contributed by atoms with van der Waals surface area (Å²) in [4.78, 5) is 50.3. The van der Waals surface area contributed by atoms with Crippen LogP contribution < -0.4 is 16.4 Å². The number of carbonyl (C=O) groups excluding carboxylic acids is 4. The van der Waals surface area contributed by atoms with Gasteiger partial charge in [0.05, 0.1) is 11.1 Å². The summed E-state index contributed by atoms with van der Waals surface area (Å²) in [5, 5.41) is 5.63. The van der Waals surface area contributed by atoms with Crippen LogP contribution in [0.15, 0.2) is 18.2 Å². The van der Waals surface area contributed by atoms with Crippen molar-refractivity contribution in [2.24, 2.45) is 11.7 Å². The number of amides is 4. The van der Waals surface area contributed by atoms with Gasteiger partial charge in [0.2, 0.25) is 11.8 Å². The molecule has 3 atom stereocenters. The van der Waals surface area contributed by atoms with Crippen LogP contribution in [-0.4, -0.2) is 47.2 Å². The van der Waals surface area contributed by atoms with E-state index in [2.05, 4.69) is 10.6 Å². The number of hydrogen-bond acceptors (Lipinski definition) is 6. The van der Waals surface area contributed by atoms with E-state index in [1.54, 1.807) is 12.1 Å². The van der Waals surface area contributed by atoms with Gasteiger partial charge in [-0.05, 0) is 43.4 Å². The molecule has 4 amide bonds. The van der Waals surface area contributed by atoms with Crippen molar-refractivity contribution in [3.63, 3.8) is 0 Å². The second-order valence-electron chi connectivity index (χ2n) is 7.35. The van der Waals surface area contributed by atoms with E-state index in [-0.39, 0.29) is 18.7 Å². The minimum absolute atomic E-state index is 0.111. The fourth-order valence-electron chi connectivity index (χ4n) is 4.09. The van der Waals surface area contributed by atoms with Crippen molar-refractivity contribution in [3.05, 3.63) is 34.9 Å². The predicted molar refractivity (Wildman–Crippen MR) is 95.5 cm³/mol. The van der Waals surface area contributed by atoms with Gasteiger partial charge in [-0.15, -0.1) is 0 Å². The molecular formula is C19H22N4O4.